The third-order valence-corrected chi connectivity index (χ3v) is 8.74. The molecule has 1 saturated heterocycles. The van der Waals surface area contributed by atoms with Gasteiger partial charge in [-0.05, 0) is 43.2 Å². The van der Waals surface area contributed by atoms with E-state index < -0.39 is 26.0 Å². The Morgan fingerprint density at radius 1 is 1.21 bits per heavy atom. The first-order valence-corrected chi connectivity index (χ1v) is 13.4. The number of fused-ring (bicyclic) bond motifs is 1. The van der Waals surface area contributed by atoms with Crippen molar-refractivity contribution in [1.82, 2.24) is 10.2 Å². The van der Waals surface area contributed by atoms with Gasteiger partial charge in [0.25, 0.3) is 0 Å². The van der Waals surface area contributed by atoms with Crippen LogP contribution in [-0.4, -0.2) is 57.5 Å². The summed E-state index contributed by atoms with van der Waals surface area (Å²) in [6.45, 7) is 10.4. The second-order valence-corrected chi connectivity index (χ2v) is 12.1. The fourth-order valence-corrected chi connectivity index (χ4v) is 6.48. The molecular weight excluding hydrogens is 453 g/mol. The topological polar surface area (TPSA) is 69.7 Å². The van der Waals surface area contributed by atoms with Crippen LogP contribution in [0.15, 0.2) is 52.3 Å². The number of hydrogen-bond donors (Lipinski definition) is 1. The smallest absolute Gasteiger partial charge is 0.241 e. The molecule has 1 N–H and O–H groups in total. The Morgan fingerprint density at radius 2 is 1.91 bits per heavy atom. The quantitative estimate of drug-likeness (QED) is 0.672. The van der Waals surface area contributed by atoms with Gasteiger partial charge in [-0.3, -0.25) is 9.69 Å². The maximum absolute atomic E-state index is 15.2. The van der Waals surface area contributed by atoms with Gasteiger partial charge in [-0.1, -0.05) is 45.4 Å². The summed E-state index contributed by atoms with van der Waals surface area (Å²) in [7, 11) is -4.06. The van der Waals surface area contributed by atoms with Gasteiger partial charge in [-0.2, -0.15) is 0 Å². The standard InChI is InChI=1S/C26H34FN3O3S/c1-5-9-19-14-28-18(2)15-29(19)16-25(31)30-17-26(3,4)21-12-22(27)24(13-23(21)30)34(32,33)20-10-7-6-8-11-20/h6-8,10-13,18-19,28H,5,9,14-17H2,1-4H3/t18-,19?/m1/s1. The van der Waals surface area contributed by atoms with E-state index in [2.05, 4.69) is 24.1 Å². The fraction of sp³-hybridized carbons (Fsp3) is 0.500. The minimum absolute atomic E-state index is 0.0289. The zero-order valence-electron chi connectivity index (χ0n) is 20.3. The highest BCUT2D eigenvalue weighted by Gasteiger charge is 2.41. The molecule has 34 heavy (non-hydrogen) atoms. The number of carbonyl (C=O) groups excluding carboxylic acids is 1. The number of carbonyl (C=O) groups is 1. The Labute approximate surface area is 202 Å². The van der Waals surface area contributed by atoms with E-state index in [1.54, 1.807) is 23.1 Å². The van der Waals surface area contributed by atoms with Crippen molar-refractivity contribution in [2.75, 3.05) is 31.1 Å². The summed E-state index contributed by atoms with van der Waals surface area (Å²) in [6.07, 6.45) is 2.03. The maximum Gasteiger partial charge on any atom is 0.241 e. The van der Waals surface area contributed by atoms with E-state index in [0.29, 0.717) is 23.8 Å². The van der Waals surface area contributed by atoms with E-state index in [4.69, 9.17) is 0 Å². The molecule has 2 heterocycles. The number of piperazine rings is 1. The first kappa shape index (κ1) is 24.8. The highest BCUT2D eigenvalue weighted by atomic mass is 32.2. The van der Waals surface area contributed by atoms with E-state index in [9.17, 15) is 13.2 Å². The van der Waals surface area contributed by atoms with Crippen LogP contribution in [0, 0.1) is 5.82 Å². The summed E-state index contributed by atoms with van der Waals surface area (Å²) in [5.41, 5.74) is 0.658. The number of rotatable bonds is 6. The molecule has 1 fully saturated rings. The summed E-state index contributed by atoms with van der Waals surface area (Å²) in [5, 5.41) is 3.49. The Hall–Kier alpha value is -2.29. The molecule has 2 aliphatic rings. The molecule has 2 aromatic carbocycles. The minimum Gasteiger partial charge on any atom is -0.311 e. The molecule has 8 heteroatoms. The van der Waals surface area contributed by atoms with Gasteiger partial charge in [0.1, 0.15) is 10.7 Å². The van der Waals surface area contributed by atoms with Crippen molar-refractivity contribution in [2.24, 2.45) is 0 Å². The Kier molecular flexibility index (Phi) is 6.86. The average Bonchev–Trinajstić information content (AvgIpc) is 3.06. The lowest BCUT2D eigenvalue weighted by Crippen LogP contribution is -2.57. The summed E-state index contributed by atoms with van der Waals surface area (Å²) in [5.74, 6) is -0.874. The molecule has 0 radical (unpaired) electrons. The van der Waals surface area contributed by atoms with Crippen molar-refractivity contribution in [3.63, 3.8) is 0 Å². The van der Waals surface area contributed by atoms with Crippen LogP contribution >= 0.6 is 0 Å². The number of nitrogens with zero attached hydrogens (tertiary/aromatic N) is 2. The number of hydrogen-bond acceptors (Lipinski definition) is 5. The number of sulfone groups is 1. The van der Waals surface area contributed by atoms with Crippen molar-refractivity contribution in [2.45, 2.75) is 67.8 Å². The molecule has 0 bridgehead atoms. The number of benzene rings is 2. The maximum atomic E-state index is 15.2. The van der Waals surface area contributed by atoms with Crippen molar-refractivity contribution < 1.29 is 17.6 Å². The average molecular weight is 488 g/mol. The molecule has 2 atom stereocenters. The van der Waals surface area contributed by atoms with Crippen molar-refractivity contribution >= 4 is 21.4 Å². The minimum atomic E-state index is -4.06. The molecule has 1 unspecified atom stereocenters. The molecular formula is C26H34FN3O3S. The van der Waals surface area contributed by atoms with Gasteiger partial charge in [0.2, 0.25) is 15.7 Å². The van der Waals surface area contributed by atoms with Gasteiger partial charge in [-0.15, -0.1) is 0 Å². The zero-order chi connectivity index (χ0) is 24.7. The Morgan fingerprint density at radius 3 is 2.59 bits per heavy atom. The van der Waals surface area contributed by atoms with E-state index >= 15 is 4.39 Å². The first-order chi connectivity index (χ1) is 16.0. The van der Waals surface area contributed by atoms with Gasteiger partial charge >= 0.3 is 0 Å². The zero-order valence-corrected chi connectivity index (χ0v) is 21.2. The molecule has 2 aromatic rings. The third kappa shape index (κ3) is 4.63. The van der Waals surface area contributed by atoms with Gasteiger partial charge in [-0.25, -0.2) is 12.8 Å². The van der Waals surface area contributed by atoms with Crippen LogP contribution < -0.4 is 10.2 Å². The van der Waals surface area contributed by atoms with E-state index in [0.717, 1.165) is 25.9 Å². The largest absolute Gasteiger partial charge is 0.311 e. The summed E-state index contributed by atoms with van der Waals surface area (Å²) in [4.78, 5) is 17.1. The summed E-state index contributed by atoms with van der Waals surface area (Å²) in [6, 6.07) is 11.1. The monoisotopic (exact) mass is 487 g/mol. The molecule has 0 aromatic heterocycles. The number of amides is 1. The second kappa shape index (κ2) is 9.40. The lowest BCUT2D eigenvalue weighted by molar-refractivity contribution is -0.120. The predicted molar refractivity (Wildman–Crippen MR) is 131 cm³/mol. The Balaban J connectivity index is 1.69. The Bertz CT molecular complexity index is 1170. The molecule has 1 amide bonds. The van der Waals surface area contributed by atoms with E-state index in [-0.39, 0.29) is 23.4 Å². The highest BCUT2D eigenvalue weighted by molar-refractivity contribution is 7.91. The summed E-state index contributed by atoms with van der Waals surface area (Å²) < 4.78 is 41.6. The number of anilines is 1. The highest BCUT2D eigenvalue weighted by Crippen LogP contribution is 2.43. The fourth-order valence-electron chi connectivity index (χ4n) is 5.13. The predicted octanol–water partition coefficient (Wildman–Crippen LogP) is 3.75. The van der Waals surface area contributed by atoms with Crippen LogP contribution in [0.5, 0.6) is 0 Å². The number of nitrogens with one attached hydrogen (secondary N) is 1. The third-order valence-electron chi connectivity index (χ3n) is 6.95. The number of halogens is 1. The van der Waals surface area contributed by atoms with Crippen LogP contribution in [0.1, 0.15) is 46.1 Å². The first-order valence-electron chi connectivity index (χ1n) is 12.0. The van der Waals surface area contributed by atoms with Crippen LogP contribution in [0.2, 0.25) is 0 Å². The van der Waals surface area contributed by atoms with Crippen LogP contribution in [-0.2, 0) is 20.0 Å². The SMILES string of the molecule is CCCC1CN[C@H](C)CN1CC(=O)N1CC(C)(C)c2cc(F)c(S(=O)(=O)c3ccccc3)cc21. The molecule has 2 aliphatic heterocycles. The van der Waals surface area contributed by atoms with Gasteiger partial charge in [0.05, 0.1) is 11.4 Å². The summed E-state index contributed by atoms with van der Waals surface area (Å²) >= 11 is 0. The van der Waals surface area contributed by atoms with Gasteiger partial charge in [0.15, 0.2) is 0 Å². The lowest BCUT2D eigenvalue weighted by Gasteiger charge is -2.39. The second-order valence-electron chi connectivity index (χ2n) is 10.2. The van der Waals surface area contributed by atoms with E-state index in [1.165, 1.54) is 24.3 Å². The molecule has 0 aliphatic carbocycles. The lowest BCUT2D eigenvalue weighted by atomic mass is 9.87. The van der Waals surface area contributed by atoms with Gasteiger partial charge in [0, 0.05) is 42.8 Å². The molecule has 0 spiro atoms. The van der Waals surface area contributed by atoms with Crippen molar-refractivity contribution in [3.8, 4) is 0 Å². The van der Waals surface area contributed by atoms with Crippen LogP contribution in [0.4, 0.5) is 10.1 Å². The van der Waals surface area contributed by atoms with Crippen molar-refractivity contribution in [3.05, 3.63) is 53.8 Å². The normalized spacial score (nSPS) is 22.6. The van der Waals surface area contributed by atoms with Crippen molar-refractivity contribution in [1.29, 1.82) is 0 Å². The molecule has 4 rings (SSSR count). The molecule has 184 valence electrons. The van der Waals surface area contributed by atoms with E-state index in [1.807, 2.05) is 13.8 Å². The van der Waals surface area contributed by atoms with Gasteiger partial charge < -0.3 is 10.2 Å². The van der Waals surface area contributed by atoms with Crippen LogP contribution in [0.3, 0.4) is 0 Å². The molecule has 0 saturated carbocycles. The van der Waals surface area contributed by atoms with Crippen LogP contribution in [0.25, 0.3) is 0 Å². The molecule has 6 nitrogen and oxygen atoms in total.